The lowest BCUT2D eigenvalue weighted by atomic mass is 9.94. The van der Waals surface area contributed by atoms with Gasteiger partial charge in [0.05, 0.1) is 0 Å². The second-order valence-electron chi connectivity index (χ2n) is 8.05. The van der Waals surface area contributed by atoms with Gasteiger partial charge in [-0.25, -0.2) is 9.97 Å². The molecule has 1 fully saturated rings. The molecule has 2 aromatic carbocycles. The number of benzene rings is 2. The van der Waals surface area contributed by atoms with Crippen LogP contribution in [0.2, 0.25) is 0 Å². The zero-order valence-electron chi connectivity index (χ0n) is 17.6. The van der Waals surface area contributed by atoms with Crippen LogP contribution >= 0.6 is 0 Å². The summed E-state index contributed by atoms with van der Waals surface area (Å²) in [6.07, 6.45) is 7.65. The topological polar surface area (TPSA) is 58.1 Å². The summed E-state index contributed by atoms with van der Waals surface area (Å²) in [4.78, 5) is 24.0. The number of rotatable bonds is 5. The van der Waals surface area contributed by atoms with Gasteiger partial charge in [0.15, 0.2) is 5.82 Å². The van der Waals surface area contributed by atoms with E-state index >= 15 is 0 Å². The Balaban J connectivity index is 1.51. The monoisotopic (exact) mass is 400 g/mol. The van der Waals surface area contributed by atoms with Crippen molar-refractivity contribution in [2.75, 3.05) is 12.4 Å². The van der Waals surface area contributed by atoms with E-state index in [-0.39, 0.29) is 5.91 Å². The van der Waals surface area contributed by atoms with Crippen molar-refractivity contribution in [2.45, 2.75) is 45.1 Å². The summed E-state index contributed by atoms with van der Waals surface area (Å²) in [5, 5.41) is 3.32. The summed E-state index contributed by atoms with van der Waals surface area (Å²) in [6.45, 7) is 2.05. The average molecular weight is 401 g/mol. The van der Waals surface area contributed by atoms with E-state index in [9.17, 15) is 4.79 Å². The summed E-state index contributed by atoms with van der Waals surface area (Å²) < 4.78 is 0. The minimum Gasteiger partial charge on any atom is -0.340 e. The van der Waals surface area contributed by atoms with Crippen molar-refractivity contribution >= 4 is 17.4 Å². The molecular weight excluding hydrogens is 372 g/mol. The molecule has 4 rings (SSSR count). The van der Waals surface area contributed by atoms with E-state index in [4.69, 9.17) is 0 Å². The van der Waals surface area contributed by atoms with E-state index in [1.54, 1.807) is 6.20 Å². The predicted molar refractivity (Wildman–Crippen MR) is 121 cm³/mol. The Hall–Kier alpha value is -3.21. The molecule has 1 aliphatic rings. The van der Waals surface area contributed by atoms with Gasteiger partial charge in [-0.15, -0.1) is 0 Å². The maximum Gasteiger partial charge on any atom is 0.253 e. The molecule has 1 aromatic heterocycles. The van der Waals surface area contributed by atoms with Gasteiger partial charge >= 0.3 is 0 Å². The smallest absolute Gasteiger partial charge is 0.253 e. The summed E-state index contributed by atoms with van der Waals surface area (Å²) in [7, 11) is 1.93. The molecule has 5 heteroatoms. The minimum atomic E-state index is 0.0775. The zero-order valence-corrected chi connectivity index (χ0v) is 17.6. The van der Waals surface area contributed by atoms with Gasteiger partial charge in [0, 0.05) is 36.1 Å². The number of carbonyl (C=O) groups excluding carboxylic acids is 1. The number of amides is 1. The molecule has 1 N–H and O–H groups in total. The van der Waals surface area contributed by atoms with Gasteiger partial charge in [0.2, 0.25) is 0 Å². The van der Waals surface area contributed by atoms with E-state index in [1.807, 2.05) is 54.4 Å². The molecule has 30 heavy (non-hydrogen) atoms. The second-order valence-corrected chi connectivity index (χ2v) is 8.05. The van der Waals surface area contributed by atoms with E-state index in [2.05, 4.69) is 34.3 Å². The lowest BCUT2D eigenvalue weighted by Gasteiger charge is -2.31. The van der Waals surface area contributed by atoms with Crippen LogP contribution in [-0.4, -0.2) is 33.9 Å². The Bertz CT molecular complexity index is 1030. The largest absolute Gasteiger partial charge is 0.340 e. The minimum absolute atomic E-state index is 0.0775. The summed E-state index contributed by atoms with van der Waals surface area (Å²) in [5.41, 5.74) is 3.69. The van der Waals surface area contributed by atoms with Crippen LogP contribution in [0.3, 0.4) is 0 Å². The Morgan fingerprint density at radius 3 is 2.63 bits per heavy atom. The van der Waals surface area contributed by atoms with Gasteiger partial charge in [-0.3, -0.25) is 4.79 Å². The fourth-order valence-electron chi connectivity index (χ4n) is 4.07. The first kappa shape index (κ1) is 20.1. The van der Waals surface area contributed by atoms with Crippen LogP contribution in [0, 0.1) is 6.92 Å². The van der Waals surface area contributed by atoms with Crippen LogP contribution < -0.4 is 5.32 Å². The third-order valence-electron chi connectivity index (χ3n) is 5.76. The van der Waals surface area contributed by atoms with E-state index in [1.165, 1.54) is 24.8 Å². The SMILES string of the molecule is Cc1cccc(-c2nccc(Nc3cccc(C(=O)N(C)C4CCCCC4)c3)n2)c1. The van der Waals surface area contributed by atoms with Gasteiger partial charge in [-0.05, 0) is 50.1 Å². The molecule has 154 valence electrons. The van der Waals surface area contributed by atoms with Crippen LogP contribution in [0.25, 0.3) is 11.4 Å². The predicted octanol–water partition coefficient (Wildman–Crippen LogP) is 5.60. The van der Waals surface area contributed by atoms with Crippen LogP contribution in [0.4, 0.5) is 11.5 Å². The van der Waals surface area contributed by atoms with Crippen molar-refractivity contribution in [2.24, 2.45) is 0 Å². The van der Waals surface area contributed by atoms with Crippen molar-refractivity contribution in [1.29, 1.82) is 0 Å². The number of aromatic nitrogens is 2. The maximum atomic E-state index is 13.0. The van der Waals surface area contributed by atoms with Crippen molar-refractivity contribution in [1.82, 2.24) is 14.9 Å². The fraction of sp³-hybridized carbons (Fsp3) is 0.320. The number of hydrogen-bond donors (Lipinski definition) is 1. The lowest BCUT2D eigenvalue weighted by Crippen LogP contribution is -2.38. The number of carbonyl (C=O) groups is 1. The van der Waals surface area contributed by atoms with Crippen LogP contribution in [-0.2, 0) is 0 Å². The molecule has 1 aliphatic carbocycles. The van der Waals surface area contributed by atoms with E-state index in [0.29, 0.717) is 23.2 Å². The first-order chi connectivity index (χ1) is 14.6. The molecule has 0 atom stereocenters. The van der Waals surface area contributed by atoms with Crippen molar-refractivity contribution in [3.63, 3.8) is 0 Å². The molecule has 1 saturated carbocycles. The fourth-order valence-corrected chi connectivity index (χ4v) is 4.07. The number of anilines is 2. The quantitative estimate of drug-likeness (QED) is 0.606. The van der Waals surface area contributed by atoms with Crippen LogP contribution in [0.1, 0.15) is 48.0 Å². The molecule has 0 aliphatic heterocycles. The highest BCUT2D eigenvalue weighted by Gasteiger charge is 2.23. The Labute approximate surface area is 178 Å². The highest BCUT2D eigenvalue weighted by molar-refractivity contribution is 5.95. The summed E-state index contributed by atoms with van der Waals surface area (Å²) in [6, 6.07) is 18.0. The molecule has 5 nitrogen and oxygen atoms in total. The second kappa shape index (κ2) is 9.08. The normalized spacial score (nSPS) is 14.3. The van der Waals surface area contributed by atoms with Gasteiger partial charge in [0.25, 0.3) is 5.91 Å². The van der Waals surface area contributed by atoms with E-state index in [0.717, 1.165) is 24.1 Å². The number of nitrogens with zero attached hydrogens (tertiary/aromatic N) is 3. The van der Waals surface area contributed by atoms with Crippen molar-refractivity contribution in [3.05, 3.63) is 71.9 Å². The first-order valence-corrected chi connectivity index (χ1v) is 10.6. The van der Waals surface area contributed by atoms with Gasteiger partial charge < -0.3 is 10.2 Å². The molecule has 0 spiro atoms. The average Bonchev–Trinajstić information content (AvgIpc) is 2.79. The number of nitrogens with one attached hydrogen (secondary N) is 1. The van der Waals surface area contributed by atoms with Crippen LogP contribution in [0.5, 0.6) is 0 Å². The molecule has 0 radical (unpaired) electrons. The molecule has 0 unspecified atom stereocenters. The lowest BCUT2D eigenvalue weighted by molar-refractivity contribution is 0.0696. The molecular formula is C25H28N4O. The standard InChI is InChI=1S/C25H28N4O/c1-18-8-6-9-19(16-18)24-26-15-14-23(28-24)27-21-11-7-10-20(17-21)25(30)29(2)22-12-4-3-5-13-22/h6-11,14-17,22H,3-5,12-13H2,1-2H3,(H,26,27,28). The van der Waals surface area contributed by atoms with Gasteiger partial charge in [-0.1, -0.05) is 49.1 Å². The molecule has 0 saturated heterocycles. The zero-order chi connectivity index (χ0) is 20.9. The highest BCUT2D eigenvalue weighted by atomic mass is 16.2. The Kier molecular flexibility index (Phi) is 6.07. The highest BCUT2D eigenvalue weighted by Crippen LogP contribution is 2.24. The molecule has 1 heterocycles. The Morgan fingerprint density at radius 1 is 1.03 bits per heavy atom. The van der Waals surface area contributed by atoms with Crippen molar-refractivity contribution in [3.8, 4) is 11.4 Å². The summed E-state index contributed by atoms with van der Waals surface area (Å²) >= 11 is 0. The molecule has 1 amide bonds. The maximum absolute atomic E-state index is 13.0. The third kappa shape index (κ3) is 4.67. The van der Waals surface area contributed by atoms with E-state index < -0.39 is 0 Å². The first-order valence-electron chi connectivity index (χ1n) is 10.6. The van der Waals surface area contributed by atoms with Crippen LogP contribution in [0.15, 0.2) is 60.8 Å². The number of aryl methyl sites for hydroxylation is 1. The van der Waals surface area contributed by atoms with Gasteiger partial charge in [-0.2, -0.15) is 0 Å². The van der Waals surface area contributed by atoms with Gasteiger partial charge in [0.1, 0.15) is 5.82 Å². The molecule has 0 bridgehead atoms. The Morgan fingerprint density at radius 2 is 1.83 bits per heavy atom. The van der Waals surface area contributed by atoms with Crippen molar-refractivity contribution < 1.29 is 4.79 Å². The third-order valence-corrected chi connectivity index (χ3v) is 5.76. The summed E-state index contributed by atoms with van der Waals surface area (Å²) in [5.74, 6) is 1.45. The number of hydrogen-bond acceptors (Lipinski definition) is 4. The molecule has 3 aromatic rings.